The lowest BCUT2D eigenvalue weighted by Gasteiger charge is -2.38. The highest BCUT2D eigenvalue weighted by atomic mass is 35.5. The summed E-state index contributed by atoms with van der Waals surface area (Å²) in [6.07, 6.45) is -0.721. The molecule has 0 radical (unpaired) electrons. The number of halogens is 1. The summed E-state index contributed by atoms with van der Waals surface area (Å²) in [5.41, 5.74) is 1.52. The van der Waals surface area contributed by atoms with E-state index in [1.807, 2.05) is 26.8 Å². The average Bonchev–Trinajstić information content (AvgIpc) is 2.78. The lowest BCUT2D eigenvalue weighted by molar-refractivity contribution is -0.143. The Morgan fingerprint density at radius 2 is 1.63 bits per heavy atom. The topological polar surface area (TPSA) is 108 Å². The van der Waals surface area contributed by atoms with E-state index in [2.05, 4.69) is 10.6 Å². The van der Waals surface area contributed by atoms with E-state index in [1.165, 1.54) is 11.0 Å². The molecule has 8 nitrogen and oxygen atoms in total. The molecule has 2 aromatic carbocycles. The van der Waals surface area contributed by atoms with Gasteiger partial charge in [0.15, 0.2) is 0 Å². The number of aromatic hydroxyl groups is 1. The number of hydrogen-bond donors (Lipinski definition) is 3. The van der Waals surface area contributed by atoms with Gasteiger partial charge in [0.05, 0.1) is 10.7 Å². The molecule has 2 unspecified atom stereocenters. The fourth-order valence-corrected chi connectivity index (χ4v) is 4.33. The highest BCUT2D eigenvalue weighted by molar-refractivity contribution is 6.34. The maximum atomic E-state index is 14.1. The lowest BCUT2D eigenvalue weighted by Crippen LogP contribution is -2.56. The molecule has 2 rings (SSSR count). The van der Waals surface area contributed by atoms with Crippen molar-refractivity contribution in [1.82, 2.24) is 10.2 Å². The first-order chi connectivity index (χ1) is 17.5. The van der Waals surface area contributed by atoms with Crippen molar-refractivity contribution in [2.45, 2.75) is 86.0 Å². The number of carbonyl (C=O) groups excluding carboxylic acids is 3. The van der Waals surface area contributed by atoms with Crippen LogP contribution >= 0.6 is 11.6 Å². The molecule has 0 aliphatic rings. The van der Waals surface area contributed by atoms with Gasteiger partial charge in [-0.1, -0.05) is 43.6 Å². The number of phenolic OH excluding ortho intramolecular Hbond substituents is 1. The van der Waals surface area contributed by atoms with E-state index >= 15 is 0 Å². The van der Waals surface area contributed by atoms with Crippen molar-refractivity contribution in [2.75, 3.05) is 5.32 Å². The highest BCUT2D eigenvalue weighted by Crippen LogP contribution is 2.32. The molecule has 2 aromatic rings. The molecule has 0 saturated carbocycles. The number of amides is 3. The smallest absolute Gasteiger partial charge is 0.408 e. The Labute approximate surface area is 230 Å². The Morgan fingerprint density at radius 1 is 1.00 bits per heavy atom. The van der Waals surface area contributed by atoms with Gasteiger partial charge in [0, 0.05) is 6.04 Å². The van der Waals surface area contributed by atoms with Gasteiger partial charge >= 0.3 is 6.09 Å². The minimum absolute atomic E-state index is 0.0731. The van der Waals surface area contributed by atoms with E-state index < -0.39 is 41.6 Å². The van der Waals surface area contributed by atoms with Crippen LogP contribution < -0.4 is 10.6 Å². The molecule has 9 heteroatoms. The van der Waals surface area contributed by atoms with Gasteiger partial charge in [-0.05, 0) is 89.3 Å². The van der Waals surface area contributed by atoms with Crippen LogP contribution in [0.4, 0.5) is 10.5 Å². The molecule has 3 N–H and O–H groups in total. The number of anilines is 1. The van der Waals surface area contributed by atoms with Crippen molar-refractivity contribution in [1.29, 1.82) is 0 Å². The van der Waals surface area contributed by atoms with E-state index in [9.17, 15) is 19.5 Å². The zero-order valence-corrected chi connectivity index (χ0v) is 24.4. The zero-order valence-electron chi connectivity index (χ0n) is 23.7. The number of nitrogens with zero attached hydrogens (tertiary/aromatic N) is 1. The summed E-state index contributed by atoms with van der Waals surface area (Å²) in [6, 6.07) is 7.60. The van der Waals surface area contributed by atoms with Gasteiger partial charge in [0.1, 0.15) is 23.4 Å². The summed E-state index contributed by atoms with van der Waals surface area (Å²) in [4.78, 5) is 42.1. The van der Waals surface area contributed by atoms with Crippen LogP contribution in [0.5, 0.6) is 5.75 Å². The molecule has 0 fully saturated rings. The molecule has 0 aliphatic carbocycles. The predicted molar refractivity (Wildman–Crippen MR) is 150 cm³/mol. The summed E-state index contributed by atoms with van der Waals surface area (Å²) in [7, 11) is 0. The molecule has 0 bridgehead atoms. The molecule has 0 aromatic heterocycles. The summed E-state index contributed by atoms with van der Waals surface area (Å²) in [5.74, 6) is -1.15. The van der Waals surface area contributed by atoms with Crippen LogP contribution in [-0.4, -0.2) is 45.6 Å². The number of phenols is 1. The van der Waals surface area contributed by atoms with Gasteiger partial charge < -0.3 is 25.4 Å². The van der Waals surface area contributed by atoms with Crippen LogP contribution in [0.25, 0.3) is 0 Å². The second-order valence-corrected chi connectivity index (χ2v) is 11.5. The van der Waals surface area contributed by atoms with E-state index in [1.54, 1.807) is 65.8 Å². The second kappa shape index (κ2) is 12.5. The van der Waals surface area contributed by atoms with Crippen molar-refractivity contribution >= 4 is 35.2 Å². The minimum Gasteiger partial charge on any atom is -0.508 e. The Morgan fingerprint density at radius 3 is 2.13 bits per heavy atom. The average molecular weight is 546 g/mol. The number of rotatable bonds is 8. The predicted octanol–water partition coefficient (Wildman–Crippen LogP) is 6.13. The number of para-hydroxylation sites is 1. The van der Waals surface area contributed by atoms with Gasteiger partial charge in [-0.3, -0.25) is 9.59 Å². The first kappa shape index (κ1) is 31.0. The highest BCUT2D eigenvalue weighted by Gasteiger charge is 2.39. The van der Waals surface area contributed by atoms with Crippen molar-refractivity contribution in [2.24, 2.45) is 5.92 Å². The van der Waals surface area contributed by atoms with Crippen LogP contribution in [0.2, 0.25) is 5.02 Å². The largest absolute Gasteiger partial charge is 0.508 e. The molecule has 0 heterocycles. The Balaban J connectivity index is 2.59. The van der Waals surface area contributed by atoms with Crippen LogP contribution in [0.3, 0.4) is 0 Å². The Bertz CT molecular complexity index is 1150. The molecular weight excluding hydrogens is 506 g/mol. The van der Waals surface area contributed by atoms with E-state index in [4.69, 9.17) is 16.3 Å². The van der Waals surface area contributed by atoms with Gasteiger partial charge in [-0.15, -0.1) is 0 Å². The van der Waals surface area contributed by atoms with Crippen LogP contribution in [-0.2, 0) is 14.3 Å². The number of alkyl carbamates (subject to hydrolysis) is 1. The maximum absolute atomic E-state index is 14.1. The minimum atomic E-state index is -1.08. The van der Waals surface area contributed by atoms with E-state index in [-0.39, 0.29) is 11.7 Å². The van der Waals surface area contributed by atoms with Gasteiger partial charge in [-0.25, -0.2) is 4.79 Å². The summed E-state index contributed by atoms with van der Waals surface area (Å²) < 4.78 is 5.39. The molecular formula is C29H40ClN3O5. The molecule has 0 spiro atoms. The van der Waals surface area contributed by atoms with Crippen molar-refractivity contribution in [3.8, 4) is 5.75 Å². The Hall–Kier alpha value is -3.26. The lowest BCUT2D eigenvalue weighted by atomic mass is 9.96. The fourth-order valence-electron chi connectivity index (χ4n) is 4.06. The van der Waals surface area contributed by atoms with Crippen molar-refractivity contribution in [3.05, 3.63) is 58.1 Å². The second-order valence-electron chi connectivity index (χ2n) is 11.1. The SMILES string of the molecule is Cc1cc(C(C(=O)Nc2c(C)cccc2Cl)N(C(=O)C(NC(=O)OC(C)(C)C)C(C)C)C(C)C)ccc1O. The third-order valence-corrected chi connectivity index (χ3v) is 6.26. The van der Waals surface area contributed by atoms with Crippen LogP contribution in [0.1, 0.15) is 71.2 Å². The van der Waals surface area contributed by atoms with Crippen molar-refractivity contribution in [3.63, 3.8) is 0 Å². The van der Waals surface area contributed by atoms with Crippen LogP contribution in [0.15, 0.2) is 36.4 Å². The molecule has 2 atom stereocenters. The molecule has 0 saturated heterocycles. The summed E-state index contributed by atoms with van der Waals surface area (Å²) >= 11 is 6.39. The van der Waals surface area contributed by atoms with Gasteiger partial charge in [-0.2, -0.15) is 0 Å². The third kappa shape index (κ3) is 7.87. The third-order valence-electron chi connectivity index (χ3n) is 5.95. The number of benzene rings is 2. The summed E-state index contributed by atoms with van der Waals surface area (Å²) in [5, 5.41) is 16.1. The monoisotopic (exact) mass is 545 g/mol. The molecule has 208 valence electrons. The number of aryl methyl sites for hydroxylation is 2. The summed E-state index contributed by atoms with van der Waals surface area (Å²) in [6.45, 7) is 16.0. The van der Waals surface area contributed by atoms with Crippen LogP contribution in [0, 0.1) is 19.8 Å². The van der Waals surface area contributed by atoms with E-state index in [0.717, 1.165) is 5.56 Å². The Kier molecular flexibility index (Phi) is 10.2. The molecule has 38 heavy (non-hydrogen) atoms. The van der Waals surface area contributed by atoms with Crippen molar-refractivity contribution < 1.29 is 24.2 Å². The maximum Gasteiger partial charge on any atom is 0.408 e. The quantitative estimate of drug-likeness (QED) is 0.370. The first-order valence-electron chi connectivity index (χ1n) is 12.7. The molecule has 3 amide bonds. The molecule has 0 aliphatic heterocycles. The van der Waals surface area contributed by atoms with E-state index in [0.29, 0.717) is 21.8 Å². The normalized spacial score (nSPS) is 13.2. The zero-order chi connectivity index (χ0) is 28.9. The number of hydrogen-bond acceptors (Lipinski definition) is 5. The first-order valence-corrected chi connectivity index (χ1v) is 13.1. The van der Waals surface area contributed by atoms with Gasteiger partial charge in [0.25, 0.3) is 5.91 Å². The fraction of sp³-hybridized carbons (Fsp3) is 0.483. The standard InChI is InChI=1S/C29H40ClN3O5/c1-16(2)23(32-28(37)38-29(7,8)9)27(36)33(17(3)4)25(20-13-14-22(34)19(6)15-20)26(35)31-24-18(5)11-10-12-21(24)30/h10-17,23,25,34H,1-9H3,(H,31,35)(H,32,37). The number of nitrogens with one attached hydrogen (secondary N) is 2. The van der Waals surface area contributed by atoms with Gasteiger partial charge in [0.2, 0.25) is 5.91 Å². The number of carbonyl (C=O) groups is 3. The number of ether oxygens (including phenoxy) is 1.